The van der Waals surface area contributed by atoms with Crippen LogP contribution in [0.1, 0.15) is 0 Å². The zero-order chi connectivity index (χ0) is 19.1. The molecular weight excluding hydrogens is 371 g/mol. The molecule has 0 radical (unpaired) electrons. The van der Waals surface area contributed by atoms with Crippen molar-refractivity contribution in [3.05, 3.63) is 12.2 Å². The lowest BCUT2D eigenvalue weighted by Gasteiger charge is -2.39. The van der Waals surface area contributed by atoms with Gasteiger partial charge in [-0.2, -0.15) is 57.1 Å². The van der Waals surface area contributed by atoms with Gasteiger partial charge in [0.1, 0.15) is 0 Å². The van der Waals surface area contributed by atoms with E-state index in [1.54, 1.807) is 0 Å². The Hall–Kier alpha value is -1.21. The fourth-order valence-corrected chi connectivity index (χ4v) is 1.09. The maximum Gasteiger partial charge on any atom is 0.460 e. The molecule has 138 valence electrons. The number of hydrogen-bond donors (Lipinski definition) is 1. The quantitative estimate of drug-likeness (QED) is 0.542. The van der Waals surface area contributed by atoms with Gasteiger partial charge in [0, 0.05) is 0 Å². The van der Waals surface area contributed by atoms with Crippen LogP contribution in [-0.2, 0) is 0 Å². The third kappa shape index (κ3) is 3.08. The standard InChI is InChI=1S/C9H5F13O/c10-4(11,2-1-3-23)5(12,13)6(14,15)7(16,17)8(18,19)9(20,21)22/h1-2,23H,3H2/b2-1-. The van der Waals surface area contributed by atoms with Gasteiger partial charge in [-0.05, 0) is 6.08 Å². The average molecular weight is 376 g/mol. The first kappa shape index (κ1) is 21.8. The molecule has 0 aromatic carbocycles. The second kappa shape index (κ2) is 5.70. The Morgan fingerprint density at radius 2 is 0.913 bits per heavy atom. The Labute approximate surface area is 118 Å². The van der Waals surface area contributed by atoms with Crippen molar-refractivity contribution in [3.8, 4) is 0 Å². The first-order chi connectivity index (χ1) is 9.81. The lowest BCUT2D eigenvalue weighted by atomic mass is 9.94. The van der Waals surface area contributed by atoms with Gasteiger partial charge in [-0.15, -0.1) is 0 Å². The van der Waals surface area contributed by atoms with Crippen LogP contribution >= 0.6 is 0 Å². The molecular formula is C9H5F13O. The Morgan fingerprint density at radius 1 is 0.565 bits per heavy atom. The smallest absolute Gasteiger partial charge is 0.392 e. The molecule has 0 bridgehead atoms. The second-order valence-corrected chi connectivity index (χ2v) is 4.00. The summed E-state index contributed by atoms with van der Waals surface area (Å²) >= 11 is 0. The number of aliphatic hydroxyl groups excluding tert-OH is 1. The van der Waals surface area contributed by atoms with Gasteiger partial charge >= 0.3 is 35.8 Å². The highest BCUT2D eigenvalue weighted by atomic mass is 19.4. The van der Waals surface area contributed by atoms with Crippen LogP contribution in [0.2, 0.25) is 0 Å². The topological polar surface area (TPSA) is 20.2 Å². The number of halogens is 13. The van der Waals surface area contributed by atoms with Crippen molar-refractivity contribution in [1.29, 1.82) is 0 Å². The zero-order valence-electron chi connectivity index (χ0n) is 10.2. The maximum absolute atomic E-state index is 12.9. The van der Waals surface area contributed by atoms with Gasteiger partial charge < -0.3 is 5.11 Å². The van der Waals surface area contributed by atoms with Crippen LogP contribution in [0.4, 0.5) is 57.1 Å². The highest BCUT2D eigenvalue weighted by Gasteiger charge is 2.90. The third-order valence-electron chi connectivity index (χ3n) is 2.39. The zero-order valence-corrected chi connectivity index (χ0v) is 10.2. The van der Waals surface area contributed by atoms with E-state index < -0.39 is 48.5 Å². The monoisotopic (exact) mass is 376 g/mol. The van der Waals surface area contributed by atoms with Gasteiger partial charge in [0.25, 0.3) is 0 Å². The van der Waals surface area contributed by atoms with Gasteiger partial charge in [0.05, 0.1) is 6.61 Å². The van der Waals surface area contributed by atoms with E-state index in [1.807, 2.05) is 0 Å². The van der Waals surface area contributed by atoms with E-state index in [9.17, 15) is 57.1 Å². The summed E-state index contributed by atoms with van der Waals surface area (Å²) in [6.45, 7) is -1.47. The van der Waals surface area contributed by atoms with Gasteiger partial charge in [-0.3, -0.25) is 0 Å². The molecule has 0 aromatic rings. The summed E-state index contributed by atoms with van der Waals surface area (Å²) in [5, 5.41) is 8.02. The number of alkyl halides is 13. The van der Waals surface area contributed by atoms with Crippen LogP contribution in [0.25, 0.3) is 0 Å². The van der Waals surface area contributed by atoms with Crippen LogP contribution in [0.5, 0.6) is 0 Å². The van der Waals surface area contributed by atoms with E-state index in [-0.39, 0.29) is 6.08 Å². The summed E-state index contributed by atoms with van der Waals surface area (Å²) in [5.74, 6) is -37.1. The molecule has 0 unspecified atom stereocenters. The normalized spacial score (nSPS) is 16.3. The van der Waals surface area contributed by atoms with E-state index in [4.69, 9.17) is 5.11 Å². The molecule has 1 N–H and O–H groups in total. The van der Waals surface area contributed by atoms with Gasteiger partial charge in [-0.25, -0.2) is 0 Å². The molecule has 0 aliphatic rings. The van der Waals surface area contributed by atoms with Crippen LogP contribution < -0.4 is 0 Å². The summed E-state index contributed by atoms with van der Waals surface area (Å²) in [5.41, 5.74) is 0. The summed E-state index contributed by atoms with van der Waals surface area (Å²) in [6, 6.07) is 0. The minimum Gasteiger partial charge on any atom is -0.392 e. The molecule has 0 aliphatic heterocycles. The van der Waals surface area contributed by atoms with Crippen molar-refractivity contribution in [2.24, 2.45) is 0 Å². The van der Waals surface area contributed by atoms with E-state index in [0.717, 1.165) is 0 Å². The molecule has 0 saturated heterocycles. The van der Waals surface area contributed by atoms with Crippen molar-refractivity contribution in [3.63, 3.8) is 0 Å². The molecule has 23 heavy (non-hydrogen) atoms. The molecule has 14 heteroatoms. The molecule has 0 amide bonds. The lowest BCUT2D eigenvalue weighted by Crippen LogP contribution is -2.69. The van der Waals surface area contributed by atoms with Crippen molar-refractivity contribution < 1.29 is 62.2 Å². The van der Waals surface area contributed by atoms with E-state index >= 15 is 0 Å². The molecule has 0 rings (SSSR count). The molecule has 0 aliphatic carbocycles. The first-order valence-corrected chi connectivity index (χ1v) is 5.05. The van der Waals surface area contributed by atoms with Crippen LogP contribution in [-0.4, -0.2) is 47.5 Å². The fourth-order valence-electron chi connectivity index (χ4n) is 1.09. The molecule has 0 atom stereocenters. The van der Waals surface area contributed by atoms with Gasteiger partial charge in [0.15, 0.2) is 0 Å². The SMILES string of the molecule is OC/C=C\C(F)(F)C(F)(F)C(F)(F)C(F)(F)C(F)(F)C(F)(F)F. The Bertz CT molecular complexity index is 447. The minimum atomic E-state index is -7.90. The number of hydrogen-bond acceptors (Lipinski definition) is 1. The van der Waals surface area contributed by atoms with E-state index in [0.29, 0.717) is 0 Å². The lowest BCUT2D eigenvalue weighted by molar-refractivity contribution is -0.436. The maximum atomic E-state index is 12.9. The molecule has 0 saturated carbocycles. The number of rotatable bonds is 6. The van der Waals surface area contributed by atoms with Crippen molar-refractivity contribution in [2.45, 2.75) is 35.8 Å². The molecule has 0 spiro atoms. The minimum absolute atomic E-state index is 0.329. The average Bonchev–Trinajstić information content (AvgIpc) is 2.34. The first-order valence-electron chi connectivity index (χ1n) is 5.05. The Kier molecular flexibility index (Phi) is 5.40. The second-order valence-electron chi connectivity index (χ2n) is 4.00. The Morgan fingerprint density at radius 3 is 1.22 bits per heavy atom. The van der Waals surface area contributed by atoms with Crippen molar-refractivity contribution in [2.75, 3.05) is 6.61 Å². The predicted octanol–water partition coefficient (Wildman–Crippen LogP) is 4.27. The molecule has 0 aromatic heterocycles. The number of aliphatic hydroxyl groups is 1. The van der Waals surface area contributed by atoms with E-state index in [2.05, 4.69) is 0 Å². The highest BCUT2D eigenvalue weighted by Crippen LogP contribution is 2.60. The summed E-state index contributed by atoms with van der Waals surface area (Å²) in [6.07, 6.45) is -8.99. The molecule has 1 nitrogen and oxygen atoms in total. The summed E-state index contributed by atoms with van der Waals surface area (Å²) in [7, 11) is 0. The fraction of sp³-hybridized carbons (Fsp3) is 0.778. The van der Waals surface area contributed by atoms with Crippen molar-refractivity contribution >= 4 is 0 Å². The van der Waals surface area contributed by atoms with Crippen LogP contribution in [0.3, 0.4) is 0 Å². The molecule has 0 fully saturated rings. The molecule has 0 heterocycles. The summed E-state index contributed by atoms with van der Waals surface area (Å²) < 4.78 is 162. The largest absolute Gasteiger partial charge is 0.460 e. The van der Waals surface area contributed by atoms with Crippen LogP contribution in [0.15, 0.2) is 12.2 Å². The van der Waals surface area contributed by atoms with Crippen LogP contribution in [0, 0.1) is 0 Å². The third-order valence-corrected chi connectivity index (χ3v) is 2.39. The highest BCUT2D eigenvalue weighted by molar-refractivity contribution is 5.15. The number of allylic oxidation sites excluding steroid dienone is 1. The van der Waals surface area contributed by atoms with Gasteiger partial charge in [-0.1, -0.05) is 6.08 Å². The van der Waals surface area contributed by atoms with Gasteiger partial charge in [0.2, 0.25) is 0 Å². The predicted molar refractivity (Wildman–Crippen MR) is 47.0 cm³/mol. The summed E-state index contributed by atoms with van der Waals surface area (Å²) in [4.78, 5) is 0. The van der Waals surface area contributed by atoms with E-state index in [1.165, 1.54) is 0 Å². The van der Waals surface area contributed by atoms with Crippen molar-refractivity contribution in [1.82, 2.24) is 0 Å². The Balaban J connectivity index is 6.19.